The van der Waals surface area contributed by atoms with E-state index in [-0.39, 0.29) is 31.4 Å². The fourth-order valence-electron chi connectivity index (χ4n) is 2.16. The summed E-state index contributed by atoms with van der Waals surface area (Å²) in [6, 6.07) is 7.85. The molecule has 1 aromatic rings. The van der Waals surface area contributed by atoms with Crippen molar-refractivity contribution in [3.63, 3.8) is 0 Å². The van der Waals surface area contributed by atoms with Crippen LogP contribution >= 0.6 is 36.4 Å². The molecule has 0 bridgehead atoms. The second-order valence-electron chi connectivity index (χ2n) is 4.54. The zero-order chi connectivity index (χ0) is 13.0. The number of rotatable bonds is 4. The molecule has 0 radical (unpaired) electrons. The van der Waals surface area contributed by atoms with E-state index in [0.29, 0.717) is 0 Å². The molecule has 0 amide bonds. The molecule has 1 saturated heterocycles. The van der Waals surface area contributed by atoms with Crippen LogP contribution in [0.3, 0.4) is 0 Å². The van der Waals surface area contributed by atoms with Crippen LogP contribution in [0.2, 0.25) is 5.02 Å². The number of halogens is 3. The van der Waals surface area contributed by atoms with Gasteiger partial charge in [-0.2, -0.15) is 0 Å². The summed E-state index contributed by atoms with van der Waals surface area (Å²) in [6.07, 6.45) is 0. The number of hydrogen-bond donors (Lipinski definition) is 1. The first-order valence-corrected chi connectivity index (χ1v) is 6.43. The van der Waals surface area contributed by atoms with E-state index in [4.69, 9.17) is 16.7 Å². The highest BCUT2D eigenvalue weighted by molar-refractivity contribution is 6.31. The maximum Gasteiger partial charge on any atom is 0.317 e. The molecule has 1 aliphatic rings. The van der Waals surface area contributed by atoms with E-state index < -0.39 is 5.97 Å². The van der Waals surface area contributed by atoms with Crippen molar-refractivity contribution < 1.29 is 9.90 Å². The highest BCUT2D eigenvalue weighted by Gasteiger charge is 2.18. The van der Waals surface area contributed by atoms with Crippen molar-refractivity contribution in [2.45, 2.75) is 6.54 Å². The van der Waals surface area contributed by atoms with Crippen LogP contribution < -0.4 is 0 Å². The minimum Gasteiger partial charge on any atom is -0.480 e. The molecule has 0 spiro atoms. The summed E-state index contributed by atoms with van der Waals surface area (Å²) in [6.45, 7) is 4.35. The molecule has 1 aromatic carbocycles. The molecule has 0 atom stereocenters. The molecule has 114 valence electrons. The largest absolute Gasteiger partial charge is 0.480 e. The molecule has 1 N–H and O–H groups in total. The first-order chi connectivity index (χ1) is 8.65. The quantitative estimate of drug-likeness (QED) is 0.913. The number of carboxylic acid groups (broad SMARTS) is 1. The molecular formula is C13H19Cl3N2O2. The Labute approximate surface area is 136 Å². The number of piperazine rings is 1. The Hall–Kier alpha value is -0.520. The van der Waals surface area contributed by atoms with Crippen LogP contribution in [-0.2, 0) is 11.3 Å². The van der Waals surface area contributed by atoms with Gasteiger partial charge in [0.05, 0.1) is 6.54 Å². The van der Waals surface area contributed by atoms with Gasteiger partial charge in [0.2, 0.25) is 0 Å². The average Bonchev–Trinajstić information content (AvgIpc) is 2.34. The van der Waals surface area contributed by atoms with E-state index in [1.807, 2.05) is 29.2 Å². The smallest absolute Gasteiger partial charge is 0.317 e. The lowest BCUT2D eigenvalue weighted by Gasteiger charge is -2.33. The van der Waals surface area contributed by atoms with Crippen LogP contribution in [0.1, 0.15) is 5.56 Å². The van der Waals surface area contributed by atoms with Crippen molar-refractivity contribution in [2.24, 2.45) is 0 Å². The van der Waals surface area contributed by atoms with Crippen molar-refractivity contribution in [1.82, 2.24) is 9.80 Å². The van der Waals surface area contributed by atoms with Crippen LogP contribution in [0, 0.1) is 0 Å². The van der Waals surface area contributed by atoms with Crippen molar-refractivity contribution in [3.8, 4) is 0 Å². The van der Waals surface area contributed by atoms with Gasteiger partial charge in [0.15, 0.2) is 0 Å². The lowest BCUT2D eigenvalue weighted by Crippen LogP contribution is -2.47. The highest BCUT2D eigenvalue weighted by Crippen LogP contribution is 2.17. The third-order valence-electron chi connectivity index (χ3n) is 3.18. The first-order valence-electron chi connectivity index (χ1n) is 6.05. The molecule has 0 unspecified atom stereocenters. The predicted octanol–water partition coefficient (Wildman–Crippen LogP) is 2.39. The maximum absolute atomic E-state index is 10.6. The fraction of sp³-hybridized carbons (Fsp3) is 0.462. The van der Waals surface area contributed by atoms with Crippen molar-refractivity contribution in [3.05, 3.63) is 34.9 Å². The van der Waals surface area contributed by atoms with E-state index in [1.165, 1.54) is 0 Å². The summed E-state index contributed by atoms with van der Waals surface area (Å²) in [5.74, 6) is -0.755. The Morgan fingerprint density at radius 1 is 1.10 bits per heavy atom. The fourth-order valence-corrected chi connectivity index (χ4v) is 2.36. The maximum atomic E-state index is 10.6. The highest BCUT2D eigenvalue weighted by atomic mass is 35.5. The van der Waals surface area contributed by atoms with Gasteiger partial charge in [-0.15, -0.1) is 24.8 Å². The SMILES string of the molecule is Cl.Cl.O=C(O)CN1CCN(Cc2ccccc2Cl)CC1. The molecule has 1 fully saturated rings. The summed E-state index contributed by atoms with van der Waals surface area (Å²) < 4.78 is 0. The number of hydrogen-bond acceptors (Lipinski definition) is 3. The molecule has 4 nitrogen and oxygen atoms in total. The van der Waals surface area contributed by atoms with Crippen LogP contribution in [0.15, 0.2) is 24.3 Å². The molecule has 0 saturated carbocycles. The van der Waals surface area contributed by atoms with Gasteiger partial charge in [-0.25, -0.2) is 0 Å². The number of nitrogens with zero attached hydrogens (tertiary/aromatic N) is 2. The van der Waals surface area contributed by atoms with E-state index in [9.17, 15) is 4.79 Å². The van der Waals surface area contributed by atoms with Gasteiger partial charge in [-0.3, -0.25) is 14.6 Å². The van der Waals surface area contributed by atoms with Crippen molar-refractivity contribution in [2.75, 3.05) is 32.7 Å². The Morgan fingerprint density at radius 3 is 2.20 bits per heavy atom. The van der Waals surface area contributed by atoms with Crippen LogP contribution in [0.5, 0.6) is 0 Å². The van der Waals surface area contributed by atoms with Crippen molar-refractivity contribution >= 4 is 42.4 Å². The summed E-state index contributed by atoms with van der Waals surface area (Å²) >= 11 is 6.13. The summed E-state index contributed by atoms with van der Waals surface area (Å²) in [4.78, 5) is 14.9. The van der Waals surface area contributed by atoms with Gasteiger partial charge in [0, 0.05) is 37.7 Å². The summed E-state index contributed by atoms with van der Waals surface area (Å²) in [7, 11) is 0. The predicted molar refractivity (Wildman–Crippen MR) is 85.3 cm³/mol. The molecular weight excluding hydrogens is 323 g/mol. The van der Waals surface area contributed by atoms with Gasteiger partial charge in [-0.1, -0.05) is 29.8 Å². The van der Waals surface area contributed by atoms with E-state index in [2.05, 4.69) is 4.90 Å². The van der Waals surface area contributed by atoms with Crippen LogP contribution in [-0.4, -0.2) is 53.6 Å². The molecule has 1 aliphatic heterocycles. The van der Waals surface area contributed by atoms with Crippen molar-refractivity contribution in [1.29, 1.82) is 0 Å². The third kappa shape index (κ3) is 5.85. The minimum absolute atomic E-state index is 0. The van der Waals surface area contributed by atoms with Gasteiger partial charge < -0.3 is 5.11 Å². The van der Waals surface area contributed by atoms with E-state index in [1.54, 1.807) is 0 Å². The molecule has 2 rings (SSSR count). The van der Waals surface area contributed by atoms with Gasteiger partial charge >= 0.3 is 5.97 Å². The zero-order valence-corrected chi connectivity index (χ0v) is 13.4. The molecule has 1 heterocycles. The number of carboxylic acids is 1. The monoisotopic (exact) mass is 340 g/mol. The number of aliphatic carboxylic acids is 1. The average molecular weight is 342 g/mol. The molecule has 0 aromatic heterocycles. The molecule has 20 heavy (non-hydrogen) atoms. The lowest BCUT2D eigenvalue weighted by molar-refractivity contribution is -0.138. The van der Waals surface area contributed by atoms with Gasteiger partial charge in [0.1, 0.15) is 0 Å². The summed E-state index contributed by atoms with van der Waals surface area (Å²) in [5, 5.41) is 9.53. The van der Waals surface area contributed by atoms with Crippen LogP contribution in [0.4, 0.5) is 0 Å². The minimum atomic E-state index is -0.755. The van der Waals surface area contributed by atoms with Crippen LogP contribution in [0.25, 0.3) is 0 Å². The summed E-state index contributed by atoms with van der Waals surface area (Å²) in [5.41, 5.74) is 1.13. The molecule has 7 heteroatoms. The lowest BCUT2D eigenvalue weighted by atomic mass is 10.2. The second-order valence-corrected chi connectivity index (χ2v) is 4.94. The zero-order valence-electron chi connectivity index (χ0n) is 11.0. The molecule has 0 aliphatic carbocycles. The first kappa shape index (κ1) is 19.5. The van der Waals surface area contributed by atoms with E-state index in [0.717, 1.165) is 43.3 Å². The topological polar surface area (TPSA) is 43.8 Å². The number of carbonyl (C=O) groups is 1. The van der Waals surface area contributed by atoms with Gasteiger partial charge in [-0.05, 0) is 11.6 Å². The Kier molecular flexibility index (Phi) is 9.18. The normalized spacial score (nSPS) is 16.1. The standard InChI is InChI=1S/C13H17ClN2O2.2ClH/c14-12-4-2-1-3-11(12)9-15-5-7-16(8-6-15)10-13(17)18;;/h1-4H,5-10H2,(H,17,18);2*1H. The third-order valence-corrected chi connectivity index (χ3v) is 3.54. The second kappa shape index (κ2) is 9.42. The Balaban J connectivity index is 0.00000180. The van der Waals surface area contributed by atoms with Gasteiger partial charge in [0.25, 0.3) is 0 Å². The number of benzene rings is 1. The Bertz CT molecular complexity index is 424. The Morgan fingerprint density at radius 2 is 1.65 bits per heavy atom. The van der Waals surface area contributed by atoms with E-state index >= 15 is 0 Å².